The van der Waals surface area contributed by atoms with Crippen molar-refractivity contribution < 1.29 is 9.53 Å². The summed E-state index contributed by atoms with van der Waals surface area (Å²) in [6.45, 7) is 6.26. The van der Waals surface area contributed by atoms with Gasteiger partial charge in [0.25, 0.3) is 0 Å². The van der Waals surface area contributed by atoms with Gasteiger partial charge >= 0.3 is 0 Å². The molecule has 1 spiro atoms. The van der Waals surface area contributed by atoms with Crippen LogP contribution < -0.4 is 10.5 Å². The van der Waals surface area contributed by atoms with Crippen LogP contribution in [-0.2, 0) is 4.79 Å². The number of aromatic nitrogens is 5. The van der Waals surface area contributed by atoms with Gasteiger partial charge in [0.2, 0.25) is 11.8 Å². The molecule has 0 radical (unpaired) electrons. The molecule has 36 heavy (non-hydrogen) atoms. The number of hydrogen-bond acceptors (Lipinski definition) is 7. The van der Waals surface area contributed by atoms with Crippen LogP contribution >= 0.6 is 0 Å². The fourth-order valence-electron chi connectivity index (χ4n) is 5.13. The number of nitrogens with two attached hydrogens (primary N) is 1. The number of hydrogen-bond donors (Lipinski definition) is 1. The largest absolute Gasteiger partial charge is 0.439 e. The van der Waals surface area contributed by atoms with E-state index >= 15 is 0 Å². The molecule has 1 aliphatic heterocycles. The van der Waals surface area contributed by atoms with Crippen LogP contribution in [0.15, 0.2) is 61.6 Å². The van der Waals surface area contributed by atoms with Gasteiger partial charge < -0.3 is 15.4 Å². The number of likely N-dealkylation sites (tertiary alicyclic amines) is 1. The number of pyridine rings is 1. The molecule has 1 saturated heterocycles. The van der Waals surface area contributed by atoms with Gasteiger partial charge in [-0.25, -0.2) is 19.6 Å². The molecule has 1 aliphatic carbocycles. The Morgan fingerprint density at radius 1 is 1.14 bits per heavy atom. The SMILES string of the molecule is C=CC(=O)N1CC(n2nc(-c3ccc(Oc4ccc(C)cn4)cc3)c3c(N)ncnc32)CCC12CC2. The second-order valence-electron chi connectivity index (χ2n) is 9.62. The van der Waals surface area contributed by atoms with E-state index in [1.54, 1.807) is 6.20 Å². The third-order valence-corrected chi connectivity index (χ3v) is 7.28. The Morgan fingerprint density at radius 2 is 1.94 bits per heavy atom. The Balaban J connectivity index is 1.34. The maximum Gasteiger partial charge on any atom is 0.246 e. The first-order valence-electron chi connectivity index (χ1n) is 12.1. The standard InChI is InChI=1S/C27H27N7O2/c1-3-22(35)33-15-19(10-11-27(33)12-13-27)34-26-23(25(28)30-16-31-26)24(32-34)18-5-7-20(8-6-18)36-21-9-4-17(2)14-29-21/h3-9,14,16,19H,1,10-13,15H2,2H3,(H2,28,30,31). The molecular weight excluding hydrogens is 454 g/mol. The lowest BCUT2D eigenvalue weighted by Gasteiger charge is -2.40. The molecule has 4 heterocycles. The first-order chi connectivity index (χ1) is 17.5. The summed E-state index contributed by atoms with van der Waals surface area (Å²) in [5.74, 6) is 1.55. The molecule has 2 N–H and O–H groups in total. The fraction of sp³-hybridized carbons (Fsp3) is 0.296. The summed E-state index contributed by atoms with van der Waals surface area (Å²) >= 11 is 0. The number of piperidine rings is 1. The molecule has 182 valence electrons. The molecule has 6 rings (SSSR count). The van der Waals surface area contributed by atoms with Crippen molar-refractivity contribution in [3.8, 4) is 22.9 Å². The zero-order chi connectivity index (χ0) is 24.9. The van der Waals surface area contributed by atoms with Crippen molar-refractivity contribution in [1.29, 1.82) is 0 Å². The summed E-state index contributed by atoms with van der Waals surface area (Å²) in [5, 5.41) is 5.68. The number of ether oxygens (including phenoxy) is 1. The van der Waals surface area contributed by atoms with E-state index in [4.69, 9.17) is 15.6 Å². The number of benzene rings is 1. The maximum atomic E-state index is 12.6. The molecule has 1 aromatic carbocycles. The highest BCUT2D eigenvalue weighted by Gasteiger charge is 2.52. The lowest BCUT2D eigenvalue weighted by molar-refractivity contribution is -0.131. The molecule has 2 fully saturated rings. The van der Waals surface area contributed by atoms with Gasteiger partial charge in [-0.15, -0.1) is 0 Å². The van der Waals surface area contributed by atoms with Crippen LogP contribution in [0.25, 0.3) is 22.3 Å². The normalized spacial score (nSPS) is 18.4. The van der Waals surface area contributed by atoms with Gasteiger partial charge in [0.15, 0.2) is 5.65 Å². The Kier molecular flexibility index (Phi) is 5.21. The summed E-state index contributed by atoms with van der Waals surface area (Å²) in [4.78, 5) is 27.7. The van der Waals surface area contributed by atoms with E-state index in [2.05, 4.69) is 21.5 Å². The van der Waals surface area contributed by atoms with Crippen molar-refractivity contribution in [3.63, 3.8) is 0 Å². The number of anilines is 1. The minimum atomic E-state index is -0.0262. The number of carbonyl (C=O) groups is 1. The Morgan fingerprint density at radius 3 is 2.64 bits per heavy atom. The second kappa shape index (κ2) is 8.44. The van der Waals surface area contributed by atoms with Crippen molar-refractivity contribution in [2.24, 2.45) is 0 Å². The van der Waals surface area contributed by atoms with Gasteiger partial charge in [-0.1, -0.05) is 12.6 Å². The van der Waals surface area contributed by atoms with Gasteiger partial charge in [0.05, 0.1) is 11.4 Å². The van der Waals surface area contributed by atoms with E-state index in [1.807, 2.05) is 52.9 Å². The number of rotatable bonds is 5. The number of fused-ring (bicyclic) bond motifs is 1. The van der Waals surface area contributed by atoms with Crippen molar-refractivity contribution in [2.75, 3.05) is 12.3 Å². The van der Waals surface area contributed by atoms with E-state index in [-0.39, 0.29) is 17.5 Å². The van der Waals surface area contributed by atoms with E-state index in [0.29, 0.717) is 40.7 Å². The molecule has 1 unspecified atom stereocenters. The lowest BCUT2D eigenvalue weighted by Crippen LogP contribution is -2.48. The Hall–Kier alpha value is -4.27. The van der Waals surface area contributed by atoms with E-state index in [9.17, 15) is 4.79 Å². The summed E-state index contributed by atoms with van der Waals surface area (Å²) in [6.07, 6.45) is 8.59. The van der Waals surface area contributed by atoms with Crippen LogP contribution in [0.2, 0.25) is 0 Å². The smallest absolute Gasteiger partial charge is 0.246 e. The van der Waals surface area contributed by atoms with Gasteiger partial charge in [-0.3, -0.25) is 4.79 Å². The molecule has 1 saturated carbocycles. The zero-order valence-electron chi connectivity index (χ0n) is 20.1. The topological polar surface area (TPSA) is 112 Å². The molecule has 2 aliphatic rings. The van der Waals surface area contributed by atoms with Crippen LogP contribution in [0.1, 0.15) is 37.3 Å². The molecule has 0 bridgehead atoms. The van der Waals surface area contributed by atoms with Crippen LogP contribution in [0.5, 0.6) is 11.6 Å². The van der Waals surface area contributed by atoms with Crippen molar-refractivity contribution in [3.05, 3.63) is 67.1 Å². The van der Waals surface area contributed by atoms with E-state index < -0.39 is 0 Å². The predicted molar refractivity (Wildman–Crippen MR) is 136 cm³/mol. The molecular formula is C27H27N7O2. The highest BCUT2D eigenvalue weighted by Crippen LogP contribution is 2.50. The van der Waals surface area contributed by atoms with Crippen LogP contribution in [0.4, 0.5) is 5.82 Å². The fourth-order valence-corrected chi connectivity index (χ4v) is 5.13. The molecule has 9 heteroatoms. The molecule has 1 atom stereocenters. The van der Waals surface area contributed by atoms with Crippen LogP contribution in [0.3, 0.4) is 0 Å². The minimum absolute atomic E-state index is 0.0102. The van der Waals surface area contributed by atoms with Crippen LogP contribution in [0, 0.1) is 6.92 Å². The molecule has 4 aromatic rings. The summed E-state index contributed by atoms with van der Waals surface area (Å²) in [6, 6.07) is 11.4. The van der Waals surface area contributed by atoms with Gasteiger partial charge in [0.1, 0.15) is 23.6 Å². The lowest BCUT2D eigenvalue weighted by atomic mass is 9.96. The number of amides is 1. The van der Waals surface area contributed by atoms with Crippen molar-refractivity contribution in [2.45, 2.75) is 44.2 Å². The summed E-state index contributed by atoms with van der Waals surface area (Å²) in [7, 11) is 0. The summed E-state index contributed by atoms with van der Waals surface area (Å²) < 4.78 is 7.79. The Bertz CT molecular complexity index is 1460. The van der Waals surface area contributed by atoms with Gasteiger partial charge in [-0.2, -0.15) is 5.10 Å². The Labute approximate surface area is 208 Å². The van der Waals surface area contributed by atoms with Crippen LogP contribution in [-0.4, -0.2) is 47.6 Å². The van der Waals surface area contributed by atoms with Gasteiger partial charge in [-0.05, 0) is 68.5 Å². The molecule has 1 amide bonds. The first kappa shape index (κ1) is 22.2. The number of aryl methyl sites for hydroxylation is 1. The number of nitrogen functional groups attached to an aromatic ring is 1. The highest BCUT2D eigenvalue weighted by atomic mass is 16.5. The third-order valence-electron chi connectivity index (χ3n) is 7.28. The predicted octanol–water partition coefficient (Wildman–Crippen LogP) is 4.45. The summed E-state index contributed by atoms with van der Waals surface area (Å²) in [5.41, 5.74) is 9.63. The second-order valence-corrected chi connectivity index (χ2v) is 9.62. The minimum Gasteiger partial charge on any atom is -0.439 e. The number of carbonyl (C=O) groups excluding carboxylic acids is 1. The highest BCUT2D eigenvalue weighted by molar-refractivity contribution is 5.98. The number of nitrogens with zero attached hydrogens (tertiary/aromatic N) is 6. The monoisotopic (exact) mass is 481 g/mol. The quantitative estimate of drug-likeness (QED) is 0.419. The molecule has 3 aromatic heterocycles. The van der Waals surface area contributed by atoms with Crippen molar-refractivity contribution >= 4 is 22.8 Å². The molecule has 9 nitrogen and oxygen atoms in total. The van der Waals surface area contributed by atoms with Crippen molar-refractivity contribution in [1.82, 2.24) is 29.6 Å². The first-order valence-corrected chi connectivity index (χ1v) is 12.1. The van der Waals surface area contributed by atoms with E-state index in [0.717, 1.165) is 36.8 Å². The maximum absolute atomic E-state index is 12.6. The van der Waals surface area contributed by atoms with Gasteiger partial charge in [0, 0.05) is 29.9 Å². The third kappa shape index (κ3) is 3.77. The van der Waals surface area contributed by atoms with E-state index in [1.165, 1.54) is 12.4 Å². The average Bonchev–Trinajstić information content (AvgIpc) is 3.55. The zero-order valence-corrected chi connectivity index (χ0v) is 20.1. The average molecular weight is 482 g/mol.